The van der Waals surface area contributed by atoms with E-state index < -0.39 is 29.7 Å². The third kappa shape index (κ3) is 3.77. The summed E-state index contributed by atoms with van der Waals surface area (Å²) in [5.41, 5.74) is 0.117. The third-order valence-electron chi connectivity index (χ3n) is 5.08. The lowest BCUT2D eigenvalue weighted by atomic mass is 9.87. The van der Waals surface area contributed by atoms with E-state index in [0.717, 1.165) is 11.1 Å². The zero-order valence-corrected chi connectivity index (χ0v) is 16.0. The van der Waals surface area contributed by atoms with E-state index in [1.54, 1.807) is 20.8 Å². The Morgan fingerprint density at radius 3 is 2.52 bits per heavy atom. The summed E-state index contributed by atoms with van der Waals surface area (Å²) < 4.78 is 5.54. The molecule has 0 aromatic heterocycles. The Morgan fingerprint density at radius 1 is 1.22 bits per heavy atom. The zero-order valence-electron chi connectivity index (χ0n) is 16.0. The molecule has 7 heteroatoms. The van der Waals surface area contributed by atoms with E-state index in [9.17, 15) is 19.5 Å². The smallest absolute Gasteiger partial charge is 0.411 e. The maximum atomic E-state index is 13.5. The van der Waals surface area contributed by atoms with Crippen molar-refractivity contribution in [1.29, 1.82) is 0 Å². The maximum absolute atomic E-state index is 13.5. The molecule has 0 aliphatic carbocycles. The minimum atomic E-state index is -1.09. The first-order chi connectivity index (χ1) is 12.6. The molecule has 27 heavy (non-hydrogen) atoms. The van der Waals surface area contributed by atoms with Gasteiger partial charge in [0.25, 0.3) is 0 Å². The second kappa shape index (κ2) is 6.87. The van der Waals surface area contributed by atoms with Gasteiger partial charge in [-0.25, -0.2) is 4.79 Å². The van der Waals surface area contributed by atoms with Gasteiger partial charge in [0.2, 0.25) is 5.91 Å². The highest BCUT2D eigenvalue weighted by atomic mass is 16.6. The van der Waals surface area contributed by atoms with Gasteiger partial charge in [-0.1, -0.05) is 24.3 Å². The molecule has 1 saturated heterocycles. The summed E-state index contributed by atoms with van der Waals surface area (Å²) in [6.07, 6.45) is 1.02. The van der Waals surface area contributed by atoms with Gasteiger partial charge in [-0.2, -0.15) is 0 Å². The van der Waals surface area contributed by atoms with E-state index in [1.165, 1.54) is 9.80 Å². The van der Waals surface area contributed by atoms with Gasteiger partial charge in [0, 0.05) is 19.5 Å². The van der Waals surface area contributed by atoms with Gasteiger partial charge in [-0.3, -0.25) is 14.5 Å². The van der Waals surface area contributed by atoms with Crippen LogP contribution in [0.15, 0.2) is 24.3 Å². The molecule has 1 fully saturated rings. The Bertz CT molecular complexity index is 770. The van der Waals surface area contributed by atoms with Crippen LogP contribution < -0.4 is 0 Å². The third-order valence-corrected chi connectivity index (χ3v) is 5.08. The highest BCUT2D eigenvalue weighted by molar-refractivity contribution is 5.93. The van der Waals surface area contributed by atoms with Crippen LogP contribution in [-0.4, -0.2) is 57.1 Å². The molecule has 0 radical (unpaired) electrons. The van der Waals surface area contributed by atoms with E-state index in [0.29, 0.717) is 25.8 Å². The average Bonchev–Trinajstić information content (AvgIpc) is 2.93. The molecule has 1 unspecified atom stereocenters. The predicted octanol–water partition coefficient (Wildman–Crippen LogP) is 2.43. The molecular weight excluding hydrogens is 348 g/mol. The molecule has 1 N–H and O–H groups in total. The van der Waals surface area contributed by atoms with Crippen LogP contribution >= 0.6 is 0 Å². The first kappa shape index (κ1) is 19.2. The lowest BCUT2D eigenvalue weighted by Gasteiger charge is -2.39. The topological polar surface area (TPSA) is 87.2 Å². The second-order valence-electron chi connectivity index (χ2n) is 8.27. The maximum Gasteiger partial charge on any atom is 0.411 e. The number of carboxylic acids is 1. The molecule has 0 bridgehead atoms. The average molecular weight is 374 g/mol. The van der Waals surface area contributed by atoms with E-state index in [1.807, 2.05) is 24.3 Å². The molecule has 1 atom stereocenters. The molecule has 146 valence electrons. The van der Waals surface area contributed by atoms with Crippen LogP contribution in [0.2, 0.25) is 0 Å². The zero-order chi connectivity index (χ0) is 19.8. The van der Waals surface area contributed by atoms with Crippen LogP contribution in [0.4, 0.5) is 4.79 Å². The molecule has 2 heterocycles. The Morgan fingerprint density at radius 2 is 1.89 bits per heavy atom. The first-order valence-corrected chi connectivity index (χ1v) is 9.21. The number of amides is 2. The van der Waals surface area contributed by atoms with Crippen LogP contribution in [0.25, 0.3) is 0 Å². The summed E-state index contributed by atoms with van der Waals surface area (Å²) in [7, 11) is 0. The summed E-state index contributed by atoms with van der Waals surface area (Å²) in [5.74, 6) is -1.39. The Balaban J connectivity index is 2.03. The minimum Gasteiger partial charge on any atom is -0.480 e. The molecule has 2 aliphatic rings. The molecule has 1 aromatic rings. The summed E-state index contributed by atoms with van der Waals surface area (Å²) in [4.78, 5) is 40.5. The van der Waals surface area contributed by atoms with Gasteiger partial charge in [0.1, 0.15) is 17.7 Å². The van der Waals surface area contributed by atoms with Crippen LogP contribution in [-0.2, 0) is 27.3 Å². The number of carbonyl (C=O) groups is 3. The number of hydrogen-bond acceptors (Lipinski definition) is 4. The van der Waals surface area contributed by atoms with Crippen LogP contribution in [0.3, 0.4) is 0 Å². The number of carboxylic acid groups (broad SMARTS) is 1. The lowest BCUT2D eigenvalue weighted by molar-refractivity contribution is -0.150. The van der Waals surface area contributed by atoms with Crippen molar-refractivity contribution in [2.45, 2.75) is 57.7 Å². The van der Waals surface area contributed by atoms with Crippen molar-refractivity contribution in [3.63, 3.8) is 0 Å². The molecule has 2 aliphatic heterocycles. The largest absolute Gasteiger partial charge is 0.480 e. The van der Waals surface area contributed by atoms with Crippen molar-refractivity contribution >= 4 is 18.0 Å². The number of aliphatic carboxylic acids is 1. The number of rotatable bonds is 2. The van der Waals surface area contributed by atoms with Gasteiger partial charge in [0.05, 0.1) is 0 Å². The SMILES string of the molecule is CC(C)(C)OC(=O)N1CCCC12Cc1ccccc1CN(CC(=O)O)C2=O. The van der Waals surface area contributed by atoms with Crippen molar-refractivity contribution in [3.8, 4) is 0 Å². The van der Waals surface area contributed by atoms with Crippen molar-refractivity contribution in [3.05, 3.63) is 35.4 Å². The highest BCUT2D eigenvalue weighted by Crippen LogP contribution is 2.39. The van der Waals surface area contributed by atoms with E-state index in [4.69, 9.17) is 4.74 Å². The van der Waals surface area contributed by atoms with Gasteiger partial charge in [0.15, 0.2) is 0 Å². The fourth-order valence-corrected chi connectivity index (χ4v) is 4.01. The predicted molar refractivity (Wildman–Crippen MR) is 98.1 cm³/mol. The van der Waals surface area contributed by atoms with Crippen molar-refractivity contribution in [2.75, 3.05) is 13.1 Å². The first-order valence-electron chi connectivity index (χ1n) is 9.21. The standard InChI is InChI=1S/C20H26N2O5/c1-19(2,3)27-18(26)22-10-6-9-20(22)11-14-7-4-5-8-15(14)12-21(17(20)25)13-16(23)24/h4-5,7-8H,6,9-13H2,1-3H3,(H,23,24). The fraction of sp³-hybridized carbons (Fsp3) is 0.550. The summed E-state index contributed by atoms with van der Waals surface area (Å²) in [5, 5.41) is 9.28. The molecule has 0 saturated carbocycles. The summed E-state index contributed by atoms with van der Waals surface area (Å²) >= 11 is 0. The number of carbonyl (C=O) groups excluding carboxylic acids is 2. The Kier molecular flexibility index (Phi) is 4.88. The summed E-state index contributed by atoms with van der Waals surface area (Å²) in [6, 6.07) is 7.63. The number of benzene rings is 1. The molecule has 3 rings (SSSR count). The minimum absolute atomic E-state index is 0.227. The van der Waals surface area contributed by atoms with Gasteiger partial charge < -0.3 is 14.7 Å². The number of nitrogens with zero attached hydrogens (tertiary/aromatic N) is 2. The Labute approximate surface area is 158 Å². The van der Waals surface area contributed by atoms with Crippen molar-refractivity contribution in [2.24, 2.45) is 0 Å². The van der Waals surface area contributed by atoms with Gasteiger partial charge in [-0.05, 0) is 44.7 Å². The summed E-state index contributed by atoms with van der Waals surface area (Å²) in [6.45, 7) is 5.61. The fourth-order valence-electron chi connectivity index (χ4n) is 4.01. The highest BCUT2D eigenvalue weighted by Gasteiger charge is 2.54. The number of ether oxygens (including phenoxy) is 1. The molecular formula is C20H26N2O5. The molecule has 7 nitrogen and oxygen atoms in total. The van der Waals surface area contributed by atoms with Crippen molar-refractivity contribution in [1.82, 2.24) is 9.80 Å². The number of hydrogen-bond donors (Lipinski definition) is 1. The van der Waals surface area contributed by atoms with Crippen molar-refractivity contribution < 1.29 is 24.2 Å². The lowest BCUT2D eigenvalue weighted by Crippen LogP contribution is -2.59. The monoisotopic (exact) mass is 374 g/mol. The van der Waals surface area contributed by atoms with E-state index in [-0.39, 0.29) is 12.5 Å². The molecule has 1 aromatic carbocycles. The van der Waals surface area contributed by atoms with Crippen LogP contribution in [0.1, 0.15) is 44.7 Å². The second-order valence-corrected chi connectivity index (χ2v) is 8.27. The van der Waals surface area contributed by atoms with E-state index >= 15 is 0 Å². The van der Waals surface area contributed by atoms with Gasteiger partial charge >= 0.3 is 12.1 Å². The molecule has 2 amide bonds. The van der Waals surface area contributed by atoms with E-state index in [2.05, 4.69) is 0 Å². The van der Waals surface area contributed by atoms with Crippen LogP contribution in [0.5, 0.6) is 0 Å². The number of fused-ring (bicyclic) bond motifs is 1. The quantitative estimate of drug-likeness (QED) is 0.859. The number of likely N-dealkylation sites (tertiary alicyclic amines) is 1. The van der Waals surface area contributed by atoms with Gasteiger partial charge in [-0.15, -0.1) is 0 Å². The molecule has 1 spiro atoms. The Hall–Kier alpha value is -2.57. The normalized spacial score (nSPS) is 22.6. The van der Waals surface area contributed by atoms with Crippen LogP contribution in [0, 0.1) is 0 Å².